The van der Waals surface area contributed by atoms with Crippen molar-refractivity contribution in [2.45, 2.75) is 26.2 Å². The van der Waals surface area contributed by atoms with E-state index in [1.807, 2.05) is 5.38 Å². The Morgan fingerprint density at radius 1 is 1.12 bits per heavy atom. The summed E-state index contributed by atoms with van der Waals surface area (Å²) in [5, 5.41) is 5.35. The van der Waals surface area contributed by atoms with Gasteiger partial charge in [-0.1, -0.05) is 56.6 Å². The molecule has 0 radical (unpaired) electrons. The van der Waals surface area contributed by atoms with E-state index in [2.05, 4.69) is 55.3 Å². The van der Waals surface area contributed by atoms with Crippen LogP contribution >= 0.6 is 34.3 Å². The van der Waals surface area contributed by atoms with Crippen molar-refractivity contribution in [1.82, 2.24) is 4.98 Å². The molecule has 0 fully saturated rings. The van der Waals surface area contributed by atoms with Gasteiger partial charge in [0.05, 0.1) is 14.9 Å². The summed E-state index contributed by atoms with van der Waals surface area (Å²) in [6.07, 6.45) is 0. The van der Waals surface area contributed by atoms with Crippen molar-refractivity contribution in [2.24, 2.45) is 0 Å². The minimum atomic E-state index is -0.184. The second-order valence-electron chi connectivity index (χ2n) is 6.42. The third-order valence-corrected chi connectivity index (χ3v) is 5.56. The molecule has 0 bridgehead atoms. The Balaban J connectivity index is 1.74. The van der Waals surface area contributed by atoms with Crippen LogP contribution in [0.25, 0.3) is 11.3 Å². The summed E-state index contributed by atoms with van der Waals surface area (Å²) in [7, 11) is 0. The molecule has 0 aliphatic rings. The molecule has 1 aromatic carbocycles. The largest absolute Gasteiger partial charge is 0.297 e. The SMILES string of the molecule is CC(C)(C)c1ccc(-c2csc(NC(=O)c3ccc(Cl)s3)n2)cc1. The summed E-state index contributed by atoms with van der Waals surface area (Å²) in [5.41, 5.74) is 3.31. The monoisotopic (exact) mass is 376 g/mol. The molecule has 0 saturated carbocycles. The number of hydrogen-bond donors (Lipinski definition) is 1. The molecule has 24 heavy (non-hydrogen) atoms. The zero-order valence-corrected chi connectivity index (χ0v) is 16.0. The molecular formula is C18H17ClN2OS2. The third kappa shape index (κ3) is 3.86. The van der Waals surface area contributed by atoms with Crippen LogP contribution in [-0.4, -0.2) is 10.9 Å². The molecule has 1 amide bonds. The zero-order chi connectivity index (χ0) is 17.3. The average molecular weight is 377 g/mol. The van der Waals surface area contributed by atoms with E-state index in [9.17, 15) is 4.79 Å². The molecule has 6 heteroatoms. The summed E-state index contributed by atoms with van der Waals surface area (Å²) >= 11 is 8.53. The molecule has 124 valence electrons. The topological polar surface area (TPSA) is 42.0 Å². The number of amides is 1. The molecule has 2 heterocycles. The van der Waals surface area contributed by atoms with Crippen LogP contribution in [0.4, 0.5) is 5.13 Å². The van der Waals surface area contributed by atoms with Crippen LogP contribution in [0.5, 0.6) is 0 Å². The fourth-order valence-electron chi connectivity index (χ4n) is 2.20. The van der Waals surface area contributed by atoms with Gasteiger partial charge in [-0.15, -0.1) is 22.7 Å². The summed E-state index contributed by atoms with van der Waals surface area (Å²) < 4.78 is 0.596. The predicted octanol–water partition coefficient (Wildman–Crippen LogP) is 6.07. The molecule has 0 atom stereocenters. The van der Waals surface area contributed by atoms with Crippen LogP contribution in [0.3, 0.4) is 0 Å². The Kier molecular flexibility index (Phi) is 4.76. The number of halogens is 1. The highest BCUT2D eigenvalue weighted by atomic mass is 35.5. The number of hydrogen-bond acceptors (Lipinski definition) is 4. The van der Waals surface area contributed by atoms with Gasteiger partial charge >= 0.3 is 0 Å². The van der Waals surface area contributed by atoms with E-state index < -0.39 is 0 Å². The molecule has 3 aromatic rings. The van der Waals surface area contributed by atoms with Gasteiger partial charge in [-0.05, 0) is 23.1 Å². The first-order chi connectivity index (χ1) is 11.3. The Hall–Kier alpha value is -1.69. The van der Waals surface area contributed by atoms with Gasteiger partial charge in [0, 0.05) is 10.9 Å². The van der Waals surface area contributed by atoms with E-state index >= 15 is 0 Å². The number of benzene rings is 1. The number of thiazole rings is 1. The fraction of sp³-hybridized carbons (Fsp3) is 0.222. The number of carbonyl (C=O) groups is 1. The van der Waals surface area contributed by atoms with Crippen molar-refractivity contribution in [3.05, 3.63) is 56.6 Å². The van der Waals surface area contributed by atoms with Crippen molar-refractivity contribution >= 4 is 45.3 Å². The van der Waals surface area contributed by atoms with Gasteiger partial charge in [-0.2, -0.15) is 0 Å². The maximum absolute atomic E-state index is 12.1. The van der Waals surface area contributed by atoms with Gasteiger partial charge in [0.25, 0.3) is 5.91 Å². The zero-order valence-electron chi connectivity index (χ0n) is 13.6. The maximum Gasteiger partial charge on any atom is 0.267 e. The van der Waals surface area contributed by atoms with Crippen molar-refractivity contribution in [3.63, 3.8) is 0 Å². The van der Waals surface area contributed by atoms with Gasteiger partial charge in [0.15, 0.2) is 5.13 Å². The first-order valence-corrected chi connectivity index (χ1v) is 9.53. The average Bonchev–Trinajstić information content (AvgIpc) is 3.16. The van der Waals surface area contributed by atoms with E-state index in [1.54, 1.807) is 12.1 Å². The first-order valence-electron chi connectivity index (χ1n) is 7.46. The predicted molar refractivity (Wildman–Crippen MR) is 104 cm³/mol. The second kappa shape index (κ2) is 6.67. The molecule has 0 saturated heterocycles. The van der Waals surface area contributed by atoms with Gasteiger partial charge in [0.1, 0.15) is 0 Å². The van der Waals surface area contributed by atoms with Crippen LogP contribution in [0, 0.1) is 0 Å². The summed E-state index contributed by atoms with van der Waals surface area (Å²) in [4.78, 5) is 17.2. The Morgan fingerprint density at radius 2 is 1.83 bits per heavy atom. The first kappa shape index (κ1) is 17.1. The molecule has 0 spiro atoms. The molecule has 0 aliphatic carbocycles. The summed E-state index contributed by atoms with van der Waals surface area (Å²) in [6.45, 7) is 6.57. The van der Waals surface area contributed by atoms with E-state index in [4.69, 9.17) is 11.6 Å². The van der Waals surface area contributed by atoms with Gasteiger partial charge in [0.2, 0.25) is 0 Å². The number of aromatic nitrogens is 1. The van der Waals surface area contributed by atoms with Gasteiger partial charge in [-0.25, -0.2) is 4.98 Å². The third-order valence-electron chi connectivity index (χ3n) is 3.57. The maximum atomic E-state index is 12.1. The van der Waals surface area contributed by atoms with Crippen LogP contribution in [0.1, 0.15) is 36.0 Å². The number of anilines is 1. The highest BCUT2D eigenvalue weighted by Crippen LogP contribution is 2.29. The molecular weight excluding hydrogens is 360 g/mol. The lowest BCUT2D eigenvalue weighted by Gasteiger charge is -2.18. The number of rotatable bonds is 3. The number of thiophene rings is 1. The number of carbonyl (C=O) groups excluding carboxylic acids is 1. The Labute approximate surface area is 154 Å². The van der Waals surface area contributed by atoms with Gasteiger partial charge < -0.3 is 0 Å². The van der Waals surface area contributed by atoms with Crippen LogP contribution < -0.4 is 5.32 Å². The van der Waals surface area contributed by atoms with Crippen molar-refractivity contribution in [2.75, 3.05) is 5.32 Å². The standard InChI is InChI=1S/C18H17ClN2OS2/c1-18(2,3)12-6-4-11(5-7-12)13-10-23-17(20-13)21-16(22)14-8-9-15(19)24-14/h4-10H,1-3H3,(H,20,21,22). The highest BCUT2D eigenvalue weighted by Gasteiger charge is 2.15. The molecule has 2 aromatic heterocycles. The molecule has 0 aliphatic heterocycles. The lowest BCUT2D eigenvalue weighted by atomic mass is 9.86. The molecule has 1 N–H and O–H groups in total. The normalized spacial score (nSPS) is 11.5. The lowest BCUT2D eigenvalue weighted by molar-refractivity contribution is 0.103. The van der Waals surface area contributed by atoms with Crippen molar-refractivity contribution in [3.8, 4) is 11.3 Å². The second-order valence-corrected chi connectivity index (χ2v) is 9.00. The number of nitrogens with zero attached hydrogens (tertiary/aromatic N) is 1. The fourth-order valence-corrected chi connectivity index (χ4v) is 3.85. The van der Waals surface area contributed by atoms with Crippen LogP contribution in [0.2, 0.25) is 4.34 Å². The quantitative estimate of drug-likeness (QED) is 0.602. The minimum absolute atomic E-state index is 0.127. The molecule has 3 nitrogen and oxygen atoms in total. The van der Waals surface area contributed by atoms with Crippen molar-refractivity contribution < 1.29 is 4.79 Å². The van der Waals surface area contributed by atoms with E-state index in [1.165, 1.54) is 28.2 Å². The Bertz CT molecular complexity index is 860. The van der Waals surface area contributed by atoms with E-state index in [0.29, 0.717) is 14.3 Å². The lowest BCUT2D eigenvalue weighted by Crippen LogP contribution is -2.10. The highest BCUT2D eigenvalue weighted by molar-refractivity contribution is 7.18. The molecule has 3 rings (SSSR count). The summed E-state index contributed by atoms with van der Waals surface area (Å²) in [6, 6.07) is 11.8. The van der Waals surface area contributed by atoms with Crippen LogP contribution in [0.15, 0.2) is 41.8 Å². The summed E-state index contributed by atoms with van der Waals surface area (Å²) in [5.74, 6) is -0.184. The van der Waals surface area contributed by atoms with E-state index in [0.717, 1.165) is 11.3 Å². The Morgan fingerprint density at radius 3 is 2.42 bits per heavy atom. The van der Waals surface area contributed by atoms with E-state index in [-0.39, 0.29) is 11.3 Å². The van der Waals surface area contributed by atoms with Crippen molar-refractivity contribution in [1.29, 1.82) is 0 Å². The molecule has 0 unspecified atom stereocenters. The number of nitrogens with one attached hydrogen (secondary N) is 1. The van der Waals surface area contributed by atoms with Gasteiger partial charge in [-0.3, -0.25) is 10.1 Å². The minimum Gasteiger partial charge on any atom is -0.297 e. The smallest absolute Gasteiger partial charge is 0.267 e. The van der Waals surface area contributed by atoms with Crippen LogP contribution in [-0.2, 0) is 5.41 Å².